The average molecular weight is 881 g/mol. The Bertz CT molecular complexity index is 1150. The molecule has 6 heteroatoms. The third-order valence-electron chi connectivity index (χ3n) is 11.5. The fraction of sp³-hybridized carbons (Fsp3) is 0.772. The largest absolute Gasteiger partial charge is 0.462 e. The molecule has 1 atom stereocenters. The van der Waals surface area contributed by atoms with Crippen LogP contribution in [0, 0.1) is 0 Å². The van der Waals surface area contributed by atoms with Crippen molar-refractivity contribution in [1.29, 1.82) is 0 Å². The lowest BCUT2D eigenvalue weighted by molar-refractivity contribution is -0.167. The first kappa shape index (κ1) is 60.1. The van der Waals surface area contributed by atoms with Crippen molar-refractivity contribution in [2.24, 2.45) is 0 Å². The van der Waals surface area contributed by atoms with Gasteiger partial charge < -0.3 is 14.2 Å². The first-order chi connectivity index (χ1) is 31.0. The number of ether oxygens (including phenoxy) is 3. The Kier molecular flexibility index (Phi) is 49.4. The van der Waals surface area contributed by atoms with Gasteiger partial charge >= 0.3 is 17.9 Å². The molecule has 6 nitrogen and oxygen atoms in total. The zero-order valence-corrected chi connectivity index (χ0v) is 41.6. The number of esters is 3. The van der Waals surface area contributed by atoms with E-state index in [1.807, 2.05) is 0 Å². The second-order valence-corrected chi connectivity index (χ2v) is 17.8. The molecule has 0 bridgehead atoms. The van der Waals surface area contributed by atoms with Gasteiger partial charge in [0, 0.05) is 19.3 Å². The van der Waals surface area contributed by atoms with Gasteiger partial charge in [-0.1, -0.05) is 204 Å². The standard InChI is InChI=1S/C57H100O6/c1-4-7-10-13-16-19-22-24-26-28-30-32-35-38-41-44-47-50-56(59)62-53-54(52-61-55(58)49-46-43-40-37-34-21-18-15-12-9-6-3)63-57(60)51-48-45-42-39-36-33-31-29-27-25-23-20-17-14-11-8-5-2/h15-20,24-27,54H,4-14,21-23,28-53H2,1-3H3/b18-15-,19-16-,20-17-,26-24-,27-25-/t54-/m0/s1. The van der Waals surface area contributed by atoms with Crippen molar-refractivity contribution in [2.45, 2.75) is 271 Å². The number of rotatable bonds is 48. The predicted octanol–water partition coefficient (Wildman–Crippen LogP) is 17.6. The van der Waals surface area contributed by atoms with Gasteiger partial charge in [-0.2, -0.15) is 0 Å². The van der Waals surface area contributed by atoms with Crippen LogP contribution in [-0.2, 0) is 28.6 Å². The normalized spacial score (nSPS) is 12.5. The number of unbranched alkanes of at least 4 members (excludes halogenated alkanes) is 27. The van der Waals surface area contributed by atoms with Gasteiger partial charge in [-0.05, 0) is 103 Å². The summed E-state index contributed by atoms with van der Waals surface area (Å²) in [6.45, 7) is 6.54. The topological polar surface area (TPSA) is 78.9 Å². The van der Waals surface area contributed by atoms with Gasteiger partial charge in [-0.3, -0.25) is 14.4 Å². The van der Waals surface area contributed by atoms with Gasteiger partial charge in [-0.25, -0.2) is 0 Å². The summed E-state index contributed by atoms with van der Waals surface area (Å²) < 4.78 is 16.8. The Hall–Kier alpha value is -2.89. The van der Waals surface area contributed by atoms with Crippen molar-refractivity contribution in [2.75, 3.05) is 13.2 Å². The molecule has 0 aliphatic heterocycles. The smallest absolute Gasteiger partial charge is 0.306 e. The number of carbonyl (C=O) groups excluding carboxylic acids is 3. The molecule has 0 radical (unpaired) electrons. The van der Waals surface area contributed by atoms with Crippen LogP contribution < -0.4 is 0 Å². The van der Waals surface area contributed by atoms with Crippen molar-refractivity contribution < 1.29 is 28.6 Å². The second kappa shape index (κ2) is 51.7. The van der Waals surface area contributed by atoms with Gasteiger partial charge in [0.05, 0.1) is 0 Å². The molecule has 0 saturated carbocycles. The minimum Gasteiger partial charge on any atom is -0.462 e. The molecule has 0 N–H and O–H groups in total. The van der Waals surface area contributed by atoms with E-state index in [1.54, 1.807) is 0 Å². The fourth-order valence-corrected chi connectivity index (χ4v) is 7.37. The third-order valence-corrected chi connectivity index (χ3v) is 11.5. The summed E-state index contributed by atoms with van der Waals surface area (Å²) in [6.07, 6.45) is 63.4. The molecule has 0 aromatic carbocycles. The molecule has 364 valence electrons. The summed E-state index contributed by atoms with van der Waals surface area (Å²) in [7, 11) is 0. The van der Waals surface area contributed by atoms with Crippen LogP contribution in [0.5, 0.6) is 0 Å². The van der Waals surface area contributed by atoms with E-state index < -0.39 is 6.10 Å². The van der Waals surface area contributed by atoms with Crippen molar-refractivity contribution >= 4 is 17.9 Å². The van der Waals surface area contributed by atoms with Gasteiger partial charge in [0.25, 0.3) is 0 Å². The SMILES string of the molecule is CCCC/C=C\CCCCCCCC(=O)OC[C@@H](COC(=O)CCCCCCCCC/C=C\C/C=C\CCCCC)OC(=O)CCCCCCCCC/C=C\C/C=C\CCCCC. The zero-order chi connectivity index (χ0) is 45.8. The van der Waals surface area contributed by atoms with Gasteiger partial charge in [-0.15, -0.1) is 0 Å². The molecule has 0 unspecified atom stereocenters. The highest BCUT2D eigenvalue weighted by atomic mass is 16.6. The van der Waals surface area contributed by atoms with Crippen molar-refractivity contribution in [3.8, 4) is 0 Å². The molecule has 0 amide bonds. The fourth-order valence-electron chi connectivity index (χ4n) is 7.37. The lowest BCUT2D eigenvalue weighted by atomic mass is 10.1. The highest BCUT2D eigenvalue weighted by Crippen LogP contribution is 2.14. The lowest BCUT2D eigenvalue weighted by Crippen LogP contribution is -2.30. The molecule has 0 aliphatic rings. The molecule has 63 heavy (non-hydrogen) atoms. The molecule has 0 aliphatic carbocycles. The molecule has 0 aromatic rings. The second-order valence-electron chi connectivity index (χ2n) is 17.8. The van der Waals surface area contributed by atoms with Crippen molar-refractivity contribution in [3.63, 3.8) is 0 Å². The van der Waals surface area contributed by atoms with E-state index >= 15 is 0 Å². The first-order valence-electron chi connectivity index (χ1n) is 26.8. The maximum atomic E-state index is 12.8. The maximum Gasteiger partial charge on any atom is 0.306 e. The van der Waals surface area contributed by atoms with E-state index in [-0.39, 0.29) is 31.1 Å². The van der Waals surface area contributed by atoms with Crippen LogP contribution in [0.1, 0.15) is 265 Å². The van der Waals surface area contributed by atoms with Crippen LogP contribution in [0.3, 0.4) is 0 Å². The Labute approximate surface area is 390 Å². The Balaban J connectivity index is 4.38. The summed E-state index contributed by atoms with van der Waals surface area (Å²) in [5.74, 6) is -0.904. The van der Waals surface area contributed by atoms with E-state index in [0.717, 1.165) is 89.9 Å². The van der Waals surface area contributed by atoms with Crippen LogP contribution in [0.15, 0.2) is 60.8 Å². The zero-order valence-electron chi connectivity index (χ0n) is 41.6. The van der Waals surface area contributed by atoms with E-state index in [2.05, 4.69) is 81.5 Å². The van der Waals surface area contributed by atoms with Gasteiger partial charge in [0.1, 0.15) is 13.2 Å². The van der Waals surface area contributed by atoms with Crippen LogP contribution in [0.25, 0.3) is 0 Å². The molecule has 0 saturated heterocycles. The Morgan fingerprint density at radius 1 is 0.317 bits per heavy atom. The quantitative estimate of drug-likeness (QED) is 0.0262. The summed E-state index contributed by atoms with van der Waals surface area (Å²) in [5, 5.41) is 0. The number of hydrogen-bond acceptors (Lipinski definition) is 6. The van der Waals surface area contributed by atoms with E-state index in [9.17, 15) is 14.4 Å². The number of allylic oxidation sites excluding steroid dienone is 10. The molecular weight excluding hydrogens is 781 g/mol. The Morgan fingerprint density at radius 2 is 0.587 bits per heavy atom. The molecule has 0 aromatic heterocycles. The van der Waals surface area contributed by atoms with Crippen LogP contribution >= 0.6 is 0 Å². The predicted molar refractivity (Wildman–Crippen MR) is 270 cm³/mol. The van der Waals surface area contributed by atoms with Crippen molar-refractivity contribution in [1.82, 2.24) is 0 Å². The van der Waals surface area contributed by atoms with Crippen LogP contribution in [-0.4, -0.2) is 37.2 Å². The summed E-state index contributed by atoms with van der Waals surface area (Å²) in [6, 6.07) is 0. The van der Waals surface area contributed by atoms with Crippen molar-refractivity contribution in [3.05, 3.63) is 60.8 Å². The molecular formula is C57H100O6. The van der Waals surface area contributed by atoms with E-state index in [4.69, 9.17) is 14.2 Å². The van der Waals surface area contributed by atoms with E-state index in [1.165, 1.54) is 135 Å². The maximum absolute atomic E-state index is 12.8. The minimum absolute atomic E-state index is 0.0840. The molecule has 0 fully saturated rings. The summed E-state index contributed by atoms with van der Waals surface area (Å²) in [4.78, 5) is 38.0. The van der Waals surface area contributed by atoms with Gasteiger partial charge in [0.2, 0.25) is 0 Å². The van der Waals surface area contributed by atoms with Crippen LogP contribution in [0.2, 0.25) is 0 Å². The molecule has 0 heterocycles. The number of carbonyl (C=O) groups is 3. The molecule has 0 spiro atoms. The first-order valence-corrected chi connectivity index (χ1v) is 26.8. The van der Waals surface area contributed by atoms with Gasteiger partial charge in [0.15, 0.2) is 6.10 Å². The summed E-state index contributed by atoms with van der Waals surface area (Å²) in [5.41, 5.74) is 0. The lowest BCUT2D eigenvalue weighted by Gasteiger charge is -2.18. The highest BCUT2D eigenvalue weighted by molar-refractivity contribution is 5.71. The van der Waals surface area contributed by atoms with E-state index in [0.29, 0.717) is 19.3 Å². The monoisotopic (exact) mass is 881 g/mol. The Morgan fingerprint density at radius 3 is 0.937 bits per heavy atom. The average Bonchev–Trinajstić information content (AvgIpc) is 3.28. The highest BCUT2D eigenvalue weighted by Gasteiger charge is 2.19. The minimum atomic E-state index is -0.784. The summed E-state index contributed by atoms with van der Waals surface area (Å²) >= 11 is 0. The third kappa shape index (κ3) is 50.0. The number of hydrogen-bond donors (Lipinski definition) is 0. The van der Waals surface area contributed by atoms with Crippen LogP contribution in [0.4, 0.5) is 0 Å². The molecule has 0 rings (SSSR count).